The van der Waals surface area contributed by atoms with Crippen LogP contribution in [0, 0.1) is 0 Å². The molecule has 1 aromatic carbocycles. The minimum absolute atomic E-state index is 0.225. The first-order valence-corrected chi connectivity index (χ1v) is 4.20. The normalized spacial score (nSPS) is 19.0. The molecule has 0 spiro atoms. The van der Waals surface area contributed by atoms with E-state index in [1.165, 1.54) is 18.2 Å². The molecular weight excluding hydrogens is 208 g/mol. The lowest BCUT2D eigenvalue weighted by atomic mass is 10.1. The van der Waals surface area contributed by atoms with Crippen molar-refractivity contribution >= 4 is 22.8 Å². The molecule has 72 valence electrons. The largest absolute Gasteiger partial charge is 0.428 e. The molecule has 1 aliphatic heterocycles. The maximum absolute atomic E-state index is 11.1. The maximum Gasteiger partial charge on any atom is 0.341 e. The number of fused-ring (bicyclic) bond motifs is 1. The third kappa shape index (κ3) is 1.29. The molecule has 14 heavy (non-hydrogen) atoms. The van der Waals surface area contributed by atoms with Crippen LogP contribution in [-0.4, -0.2) is 16.3 Å². The van der Waals surface area contributed by atoms with Gasteiger partial charge in [-0.25, -0.2) is 4.79 Å². The van der Waals surface area contributed by atoms with Crippen molar-refractivity contribution < 1.29 is 19.4 Å². The summed E-state index contributed by atoms with van der Waals surface area (Å²) in [5, 5.41) is 8.62. The lowest BCUT2D eigenvalue weighted by molar-refractivity contribution is -0.0547. The van der Waals surface area contributed by atoms with Gasteiger partial charge in [-0.15, -0.1) is 0 Å². The van der Waals surface area contributed by atoms with Crippen molar-refractivity contribution in [3.63, 3.8) is 0 Å². The van der Waals surface area contributed by atoms with Gasteiger partial charge in [0.2, 0.25) is 6.29 Å². The van der Waals surface area contributed by atoms with E-state index >= 15 is 0 Å². The molecule has 1 heterocycles. The van der Waals surface area contributed by atoms with Gasteiger partial charge in [-0.2, -0.15) is 0 Å². The van der Waals surface area contributed by atoms with Gasteiger partial charge in [0.1, 0.15) is 0 Å². The first kappa shape index (κ1) is 9.18. The average molecular weight is 213 g/mol. The Hall–Kier alpha value is -1.39. The first-order valence-electron chi connectivity index (χ1n) is 3.82. The van der Waals surface area contributed by atoms with Crippen molar-refractivity contribution in [2.24, 2.45) is 0 Å². The minimum atomic E-state index is -1.30. The number of cyclic esters (lactones) is 1. The van der Waals surface area contributed by atoms with Crippen LogP contribution in [0.5, 0.6) is 0 Å². The molecule has 0 aliphatic carbocycles. The SMILES string of the molecule is O=C(Cl)c1ccc2c(c1)C(O)OC2=O. The number of halogens is 1. The predicted molar refractivity (Wildman–Crippen MR) is 47.0 cm³/mol. The van der Waals surface area contributed by atoms with Gasteiger partial charge in [-0.1, -0.05) is 0 Å². The fourth-order valence-electron chi connectivity index (χ4n) is 1.30. The highest BCUT2D eigenvalue weighted by Crippen LogP contribution is 2.29. The second-order valence-corrected chi connectivity index (χ2v) is 3.18. The lowest BCUT2D eigenvalue weighted by Crippen LogP contribution is -1.96. The Morgan fingerprint density at radius 2 is 2.21 bits per heavy atom. The molecule has 5 heteroatoms. The van der Waals surface area contributed by atoms with Crippen molar-refractivity contribution in [1.82, 2.24) is 0 Å². The quantitative estimate of drug-likeness (QED) is 0.562. The summed E-state index contributed by atoms with van der Waals surface area (Å²) < 4.78 is 4.53. The topological polar surface area (TPSA) is 63.6 Å². The molecule has 0 saturated heterocycles. The third-order valence-electron chi connectivity index (χ3n) is 1.98. The molecule has 2 rings (SSSR count). The third-order valence-corrected chi connectivity index (χ3v) is 2.20. The summed E-state index contributed by atoms with van der Waals surface area (Å²) in [5.74, 6) is -0.596. The van der Waals surface area contributed by atoms with E-state index in [4.69, 9.17) is 11.6 Å². The number of rotatable bonds is 1. The number of hydrogen-bond acceptors (Lipinski definition) is 4. The summed E-state index contributed by atoms with van der Waals surface area (Å²) in [6.07, 6.45) is -1.30. The van der Waals surface area contributed by atoms with Crippen LogP contribution in [0.4, 0.5) is 0 Å². The number of benzene rings is 1. The Kier molecular flexibility index (Phi) is 2.02. The molecule has 0 saturated carbocycles. The summed E-state index contributed by atoms with van der Waals surface area (Å²) in [7, 11) is 0. The highest BCUT2D eigenvalue weighted by molar-refractivity contribution is 6.67. The van der Waals surface area contributed by atoms with Crippen LogP contribution in [0.2, 0.25) is 0 Å². The van der Waals surface area contributed by atoms with Crippen molar-refractivity contribution in [1.29, 1.82) is 0 Å². The van der Waals surface area contributed by atoms with E-state index in [-0.39, 0.29) is 16.7 Å². The Balaban J connectivity index is 2.55. The fourth-order valence-corrected chi connectivity index (χ4v) is 1.42. The van der Waals surface area contributed by atoms with Crippen LogP contribution in [0.3, 0.4) is 0 Å². The summed E-state index contributed by atoms with van der Waals surface area (Å²) >= 11 is 5.24. The number of aliphatic hydroxyl groups is 1. The van der Waals surface area contributed by atoms with E-state index in [2.05, 4.69) is 4.74 Å². The van der Waals surface area contributed by atoms with E-state index in [9.17, 15) is 14.7 Å². The number of aliphatic hydroxyl groups excluding tert-OH is 1. The van der Waals surface area contributed by atoms with Gasteiger partial charge in [0.25, 0.3) is 5.24 Å². The summed E-state index contributed by atoms with van der Waals surface area (Å²) in [6.45, 7) is 0. The van der Waals surface area contributed by atoms with Gasteiger partial charge < -0.3 is 9.84 Å². The Morgan fingerprint density at radius 1 is 1.50 bits per heavy atom. The lowest BCUT2D eigenvalue weighted by Gasteiger charge is -2.01. The van der Waals surface area contributed by atoms with Gasteiger partial charge in [0.15, 0.2) is 0 Å². The number of carbonyl (C=O) groups is 2. The second kappa shape index (κ2) is 3.08. The first-order chi connectivity index (χ1) is 6.59. The standard InChI is InChI=1S/C9H5ClO4/c10-7(11)4-1-2-5-6(3-4)9(13)14-8(5)12/h1-3,9,13H. The zero-order chi connectivity index (χ0) is 10.3. The van der Waals surface area contributed by atoms with Crippen molar-refractivity contribution in [3.05, 3.63) is 34.9 Å². The monoisotopic (exact) mass is 212 g/mol. The molecule has 0 bridgehead atoms. The van der Waals surface area contributed by atoms with Crippen LogP contribution >= 0.6 is 11.6 Å². The van der Waals surface area contributed by atoms with Gasteiger partial charge in [0.05, 0.1) is 5.56 Å². The number of ether oxygens (including phenoxy) is 1. The number of hydrogen-bond donors (Lipinski definition) is 1. The van der Waals surface area contributed by atoms with E-state index in [0.29, 0.717) is 0 Å². The summed E-state index contributed by atoms with van der Waals surface area (Å²) in [6, 6.07) is 4.16. The Labute approximate surface area is 84.1 Å². The van der Waals surface area contributed by atoms with E-state index in [1.54, 1.807) is 0 Å². The molecule has 0 amide bonds. The molecule has 1 N–H and O–H groups in total. The van der Waals surface area contributed by atoms with E-state index in [0.717, 1.165) is 0 Å². The van der Waals surface area contributed by atoms with Gasteiger partial charge in [-0.05, 0) is 29.8 Å². The molecule has 1 atom stereocenters. The number of esters is 1. The number of carbonyl (C=O) groups excluding carboxylic acids is 2. The van der Waals surface area contributed by atoms with Crippen LogP contribution in [0.15, 0.2) is 18.2 Å². The Bertz CT molecular complexity index is 427. The molecule has 0 fully saturated rings. The zero-order valence-electron chi connectivity index (χ0n) is 6.86. The molecular formula is C9H5ClO4. The van der Waals surface area contributed by atoms with Crippen molar-refractivity contribution in [2.75, 3.05) is 0 Å². The molecule has 0 aromatic heterocycles. The molecule has 1 aliphatic rings. The molecule has 4 nitrogen and oxygen atoms in total. The highest BCUT2D eigenvalue weighted by Gasteiger charge is 2.29. The smallest absolute Gasteiger partial charge is 0.341 e. The summed E-state index contributed by atoms with van der Waals surface area (Å²) in [4.78, 5) is 21.8. The zero-order valence-corrected chi connectivity index (χ0v) is 7.62. The van der Waals surface area contributed by atoms with E-state index in [1.807, 2.05) is 0 Å². The molecule has 0 radical (unpaired) electrons. The minimum Gasteiger partial charge on any atom is -0.428 e. The van der Waals surface area contributed by atoms with Gasteiger partial charge >= 0.3 is 5.97 Å². The molecule has 1 unspecified atom stereocenters. The molecule has 1 aromatic rings. The Morgan fingerprint density at radius 3 is 2.86 bits per heavy atom. The predicted octanol–water partition coefficient (Wildman–Crippen LogP) is 1.23. The fraction of sp³-hybridized carbons (Fsp3) is 0.111. The van der Waals surface area contributed by atoms with Crippen LogP contribution < -0.4 is 0 Å². The van der Waals surface area contributed by atoms with Crippen molar-refractivity contribution in [3.8, 4) is 0 Å². The van der Waals surface area contributed by atoms with Crippen molar-refractivity contribution in [2.45, 2.75) is 6.29 Å². The highest BCUT2D eigenvalue weighted by atomic mass is 35.5. The van der Waals surface area contributed by atoms with Gasteiger partial charge in [-0.3, -0.25) is 4.79 Å². The average Bonchev–Trinajstić information content (AvgIpc) is 2.42. The van der Waals surface area contributed by atoms with E-state index < -0.39 is 17.5 Å². The second-order valence-electron chi connectivity index (χ2n) is 2.83. The van der Waals surface area contributed by atoms with Gasteiger partial charge in [0, 0.05) is 11.1 Å². The van der Waals surface area contributed by atoms with Crippen LogP contribution in [0.25, 0.3) is 0 Å². The van der Waals surface area contributed by atoms with Crippen LogP contribution in [-0.2, 0) is 4.74 Å². The summed E-state index contributed by atoms with van der Waals surface area (Å²) in [5.41, 5.74) is 0.767. The maximum atomic E-state index is 11.1. The van der Waals surface area contributed by atoms with Crippen LogP contribution in [0.1, 0.15) is 32.6 Å².